The van der Waals surface area contributed by atoms with Crippen molar-refractivity contribution in [2.45, 2.75) is 60.4 Å². The van der Waals surface area contributed by atoms with E-state index >= 15 is 0 Å². The molecule has 0 N–H and O–H groups in total. The molecule has 4 heterocycles. The number of pyridine rings is 1. The zero-order chi connectivity index (χ0) is 27.8. The molecule has 6 nitrogen and oxygen atoms in total. The van der Waals surface area contributed by atoms with Crippen LogP contribution in [0.3, 0.4) is 0 Å². The van der Waals surface area contributed by atoms with E-state index in [0.29, 0.717) is 12.0 Å². The van der Waals surface area contributed by atoms with Crippen molar-refractivity contribution in [3.8, 4) is 5.69 Å². The van der Waals surface area contributed by atoms with E-state index in [2.05, 4.69) is 92.7 Å². The summed E-state index contributed by atoms with van der Waals surface area (Å²) in [7, 11) is 4.14. The molecule has 0 spiro atoms. The minimum atomic E-state index is 0.582. The van der Waals surface area contributed by atoms with Gasteiger partial charge in [0, 0.05) is 63.8 Å². The Bertz CT molecular complexity index is 1150. The number of nitrogens with zero attached hydrogens (tertiary/aromatic N) is 6. The van der Waals surface area contributed by atoms with Gasteiger partial charge in [-0.3, -0.25) is 4.90 Å². The highest BCUT2D eigenvalue weighted by Gasteiger charge is 2.38. The number of aryl methyl sites for hydroxylation is 1. The average Bonchev–Trinajstić information content (AvgIpc) is 3.54. The topological polar surface area (TPSA) is 40.4 Å². The fourth-order valence-electron chi connectivity index (χ4n) is 5.54. The lowest BCUT2D eigenvalue weighted by Crippen LogP contribution is -2.46. The number of aromatic nitrogens is 3. The highest BCUT2D eigenvalue weighted by atomic mass is 15.3. The standard InChI is InChI=1S/C30H42N6.C2H6/c1-8-11-27(23(5)33(6)7)30-22(4)19-36(32-30)26-12-13-29(31-18-26)35-17-14-25-21-34(16-15-28(25)35)20-24(9-2)10-3;1-2/h8-13,18-19,25,28H,2,14-17,20-21H2,1,3-7H3;1-2H3/b11-8-,24-10+,27-23+;. The van der Waals surface area contributed by atoms with Crippen LogP contribution in [0.5, 0.6) is 0 Å². The van der Waals surface area contributed by atoms with E-state index in [4.69, 9.17) is 10.1 Å². The van der Waals surface area contributed by atoms with Crippen molar-refractivity contribution in [3.63, 3.8) is 0 Å². The van der Waals surface area contributed by atoms with Crippen LogP contribution in [0.1, 0.15) is 58.7 Å². The number of hydrogen-bond donors (Lipinski definition) is 0. The van der Waals surface area contributed by atoms with E-state index < -0.39 is 0 Å². The van der Waals surface area contributed by atoms with Crippen LogP contribution in [0.2, 0.25) is 0 Å². The van der Waals surface area contributed by atoms with Crippen LogP contribution in [-0.2, 0) is 0 Å². The van der Waals surface area contributed by atoms with E-state index in [9.17, 15) is 0 Å². The lowest BCUT2D eigenvalue weighted by atomic mass is 9.92. The second kappa shape index (κ2) is 13.6. The predicted octanol–water partition coefficient (Wildman–Crippen LogP) is 6.50. The largest absolute Gasteiger partial charge is 0.381 e. The maximum Gasteiger partial charge on any atom is 0.128 e. The normalized spacial score (nSPS) is 20.6. The zero-order valence-corrected chi connectivity index (χ0v) is 24.9. The molecular formula is C32H48N6. The van der Waals surface area contributed by atoms with Crippen LogP contribution >= 0.6 is 0 Å². The Kier molecular flexibility index (Phi) is 10.5. The molecule has 2 unspecified atom stereocenters. The molecule has 2 saturated heterocycles. The molecule has 2 aromatic heterocycles. The highest BCUT2D eigenvalue weighted by Crippen LogP contribution is 2.35. The zero-order valence-electron chi connectivity index (χ0n) is 24.9. The lowest BCUT2D eigenvalue weighted by molar-refractivity contribution is 0.182. The SMILES string of the molecule is C=C/C(=C\C)CN1CCC2C(CCN2c2ccc(-n3cc(C)c(C(/C=C\C)=C(\C)N(C)C)n3)cn2)C1.CC. The Morgan fingerprint density at radius 1 is 1.16 bits per heavy atom. The number of anilines is 1. The summed E-state index contributed by atoms with van der Waals surface area (Å²) in [6.07, 6.45) is 14.9. The summed E-state index contributed by atoms with van der Waals surface area (Å²) in [6.45, 7) is 20.8. The molecule has 0 radical (unpaired) electrons. The summed E-state index contributed by atoms with van der Waals surface area (Å²) in [5.74, 6) is 1.79. The van der Waals surface area contributed by atoms with Crippen molar-refractivity contribution in [2.75, 3.05) is 45.2 Å². The van der Waals surface area contributed by atoms with Gasteiger partial charge in [0.2, 0.25) is 0 Å². The first-order valence-electron chi connectivity index (χ1n) is 14.2. The molecule has 2 aromatic rings. The first-order valence-corrected chi connectivity index (χ1v) is 14.2. The van der Waals surface area contributed by atoms with Crippen molar-refractivity contribution >= 4 is 11.4 Å². The number of hydrogen-bond acceptors (Lipinski definition) is 5. The average molecular weight is 517 g/mol. The second-order valence-corrected chi connectivity index (χ2v) is 10.3. The van der Waals surface area contributed by atoms with Crippen molar-refractivity contribution in [2.24, 2.45) is 5.92 Å². The van der Waals surface area contributed by atoms with Crippen molar-refractivity contribution in [3.05, 3.63) is 77.9 Å². The molecule has 206 valence electrons. The summed E-state index contributed by atoms with van der Waals surface area (Å²) in [5, 5.41) is 4.95. The van der Waals surface area contributed by atoms with Gasteiger partial charge in [-0.2, -0.15) is 5.10 Å². The molecule has 0 bridgehead atoms. The monoisotopic (exact) mass is 516 g/mol. The van der Waals surface area contributed by atoms with Crippen LogP contribution in [0.25, 0.3) is 11.3 Å². The van der Waals surface area contributed by atoms with Gasteiger partial charge in [0.25, 0.3) is 0 Å². The van der Waals surface area contributed by atoms with E-state index in [1.165, 1.54) is 24.1 Å². The van der Waals surface area contributed by atoms with Gasteiger partial charge in [0.05, 0.1) is 17.6 Å². The van der Waals surface area contributed by atoms with Gasteiger partial charge in [-0.15, -0.1) is 0 Å². The van der Waals surface area contributed by atoms with Gasteiger partial charge in [-0.05, 0) is 69.7 Å². The van der Waals surface area contributed by atoms with Gasteiger partial charge in [0.1, 0.15) is 5.82 Å². The maximum atomic E-state index is 4.95. The maximum absolute atomic E-state index is 4.95. The first-order chi connectivity index (χ1) is 18.4. The van der Waals surface area contributed by atoms with E-state index in [1.54, 1.807) is 0 Å². The summed E-state index contributed by atoms with van der Waals surface area (Å²) in [6, 6.07) is 4.91. The predicted molar refractivity (Wildman–Crippen MR) is 163 cm³/mol. The third kappa shape index (κ3) is 6.47. The minimum Gasteiger partial charge on any atom is -0.381 e. The van der Waals surface area contributed by atoms with Crippen LogP contribution in [0, 0.1) is 12.8 Å². The summed E-state index contributed by atoms with van der Waals surface area (Å²) >= 11 is 0. The molecular weight excluding hydrogens is 468 g/mol. The van der Waals surface area contributed by atoms with Crippen molar-refractivity contribution < 1.29 is 0 Å². The quantitative estimate of drug-likeness (QED) is 0.374. The molecule has 6 heteroatoms. The van der Waals surface area contributed by atoms with Crippen LogP contribution in [0.15, 0.2) is 66.7 Å². The third-order valence-corrected chi connectivity index (χ3v) is 7.80. The molecule has 0 aromatic carbocycles. The molecule has 0 aliphatic carbocycles. The second-order valence-electron chi connectivity index (χ2n) is 10.3. The lowest BCUT2D eigenvalue weighted by Gasteiger charge is -2.38. The van der Waals surface area contributed by atoms with Crippen LogP contribution in [0.4, 0.5) is 5.82 Å². The molecule has 0 saturated carbocycles. The minimum absolute atomic E-state index is 0.582. The smallest absolute Gasteiger partial charge is 0.128 e. The van der Waals surface area contributed by atoms with Gasteiger partial charge in [-0.25, -0.2) is 9.67 Å². The summed E-state index contributed by atoms with van der Waals surface area (Å²) in [5.41, 5.74) is 6.81. The van der Waals surface area contributed by atoms with Crippen LogP contribution in [-0.4, -0.2) is 70.9 Å². The Hall–Kier alpha value is -3.12. The number of rotatable bonds is 8. The molecule has 2 aliphatic heterocycles. The number of allylic oxidation sites excluding steroid dienone is 5. The third-order valence-electron chi connectivity index (χ3n) is 7.80. The Labute approximate surface area is 231 Å². The summed E-state index contributed by atoms with van der Waals surface area (Å²) in [4.78, 5) is 12.2. The van der Waals surface area contributed by atoms with E-state index in [1.807, 2.05) is 37.7 Å². The van der Waals surface area contributed by atoms with E-state index in [-0.39, 0.29) is 0 Å². The molecule has 38 heavy (non-hydrogen) atoms. The highest BCUT2D eigenvalue weighted by molar-refractivity contribution is 5.75. The number of fused-ring (bicyclic) bond motifs is 1. The first kappa shape index (κ1) is 29.4. The van der Waals surface area contributed by atoms with Crippen molar-refractivity contribution in [1.82, 2.24) is 24.6 Å². The molecule has 4 rings (SSSR count). The Morgan fingerprint density at radius 3 is 2.53 bits per heavy atom. The molecule has 2 fully saturated rings. The molecule has 2 atom stereocenters. The van der Waals surface area contributed by atoms with Crippen molar-refractivity contribution in [1.29, 1.82) is 0 Å². The van der Waals surface area contributed by atoms with E-state index in [0.717, 1.165) is 54.5 Å². The molecule has 2 aliphatic rings. The summed E-state index contributed by atoms with van der Waals surface area (Å²) < 4.78 is 1.96. The fraction of sp³-hybridized carbons (Fsp3) is 0.500. The fourth-order valence-corrected chi connectivity index (χ4v) is 5.54. The van der Waals surface area contributed by atoms with Gasteiger partial charge in [0.15, 0.2) is 0 Å². The van der Waals surface area contributed by atoms with Gasteiger partial charge >= 0.3 is 0 Å². The number of piperidine rings is 1. The van der Waals surface area contributed by atoms with Gasteiger partial charge < -0.3 is 9.80 Å². The molecule has 0 amide bonds. The number of likely N-dealkylation sites (tertiary alicyclic amines) is 1. The Morgan fingerprint density at radius 2 is 1.92 bits per heavy atom. The van der Waals surface area contributed by atoms with Crippen LogP contribution < -0.4 is 4.90 Å². The van der Waals surface area contributed by atoms with Gasteiger partial charge in [-0.1, -0.05) is 44.7 Å². The Balaban J connectivity index is 0.00000195.